The molecule has 0 unspecified atom stereocenters. The minimum Gasteiger partial charge on any atom is -0.358 e. The van der Waals surface area contributed by atoms with Crippen molar-refractivity contribution in [3.05, 3.63) is 36.2 Å². The number of hydrogen-bond donors (Lipinski definition) is 3. The molecule has 3 N–H and O–H groups in total. The van der Waals surface area contributed by atoms with Crippen molar-refractivity contribution in [2.75, 3.05) is 0 Å². The lowest BCUT2D eigenvalue weighted by molar-refractivity contribution is 0.0943. The van der Waals surface area contributed by atoms with Gasteiger partial charge in [0, 0.05) is 11.6 Å². The molecule has 0 saturated heterocycles. The summed E-state index contributed by atoms with van der Waals surface area (Å²) >= 11 is 5.27. The molecule has 0 aliphatic heterocycles. The van der Waals surface area contributed by atoms with Crippen molar-refractivity contribution < 1.29 is 4.79 Å². The van der Waals surface area contributed by atoms with Gasteiger partial charge in [-0.05, 0) is 65.7 Å². The highest BCUT2D eigenvalue weighted by Gasteiger charge is 2.21. The molecule has 1 aromatic heterocycles. The molecule has 1 amide bonds. The van der Waals surface area contributed by atoms with Crippen LogP contribution in [0.3, 0.4) is 0 Å². The van der Waals surface area contributed by atoms with E-state index in [0.29, 0.717) is 22.6 Å². The van der Waals surface area contributed by atoms with Crippen LogP contribution in [-0.4, -0.2) is 37.3 Å². The average Bonchev–Trinajstić information content (AvgIpc) is 3.16. The first-order chi connectivity index (χ1) is 12.1. The topological polar surface area (TPSA) is 96.8 Å². The number of hydrazine groups is 1. The van der Waals surface area contributed by atoms with Crippen LogP contribution in [0.5, 0.6) is 0 Å². The molecule has 1 heterocycles. The second kappa shape index (κ2) is 8.02. The predicted octanol–water partition coefficient (Wildman–Crippen LogP) is 1.35. The first kappa shape index (κ1) is 17.3. The Balaban J connectivity index is 1.49. The Bertz CT molecular complexity index is 717. The number of rotatable bonds is 3. The molecule has 132 valence electrons. The molecule has 3 rings (SSSR count). The Kier molecular flexibility index (Phi) is 5.54. The standard InChI is InChI=1S/C16H21N7OS/c1-11-4-2-3-5-14(11)18-16(25)20-19-15(24)12-6-8-13(9-7-12)23-10-17-21-22-23/h6-11,14H,2-5H2,1H3,(H,19,24)(H2,18,20,25)/t11-,14+/m0/s1. The molecule has 2 atom stereocenters. The Morgan fingerprint density at radius 3 is 2.64 bits per heavy atom. The van der Waals surface area contributed by atoms with E-state index in [0.717, 1.165) is 12.1 Å². The maximum atomic E-state index is 12.2. The molecule has 1 aromatic carbocycles. The van der Waals surface area contributed by atoms with Crippen molar-refractivity contribution in [3.63, 3.8) is 0 Å². The molecular formula is C16H21N7OS. The van der Waals surface area contributed by atoms with Gasteiger partial charge in [-0.3, -0.25) is 15.6 Å². The maximum absolute atomic E-state index is 12.2. The molecule has 25 heavy (non-hydrogen) atoms. The van der Waals surface area contributed by atoms with Gasteiger partial charge in [-0.1, -0.05) is 19.8 Å². The van der Waals surface area contributed by atoms with Crippen molar-refractivity contribution in [3.8, 4) is 5.69 Å². The molecule has 1 fully saturated rings. The minimum absolute atomic E-state index is 0.260. The van der Waals surface area contributed by atoms with Crippen LogP contribution in [0.25, 0.3) is 5.69 Å². The van der Waals surface area contributed by atoms with E-state index >= 15 is 0 Å². The first-order valence-corrected chi connectivity index (χ1v) is 8.74. The molecule has 0 bridgehead atoms. The van der Waals surface area contributed by atoms with Gasteiger partial charge in [0.25, 0.3) is 5.91 Å². The van der Waals surface area contributed by atoms with Crippen LogP contribution in [0.4, 0.5) is 0 Å². The van der Waals surface area contributed by atoms with Crippen LogP contribution in [0, 0.1) is 5.92 Å². The fourth-order valence-electron chi connectivity index (χ4n) is 2.97. The second-order valence-corrected chi connectivity index (χ2v) is 6.63. The van der Waals surface area contributed by atoms with Gasteiger partial charge in [0.2, 0.25) is 0 Å². The minimum atomic E-state index is -0.260. The number of tetrazole rings is 1. The Hall–Kier alpha value is -2.55. The summed E-state index contributed by atoms with van der Waals surface area (Å²) in [5, 5.41) is 14.7. The van der Waals surface area contributed by atoms with Gasteiger partial charge in [0.1, 0.15) is 6.33 Å². The molecule has 1 aliphatic carbocycles. The number of thiocarbonyl (C=S) groups is 1. The van der Waals surface area contributed by atoms with Crippen molar-refractivity contribution in [1.82, 2.24) is 36.4 Å². The third kappa shape index (κ3) is 4.50. The number of carbonyl (C=O) groups is 1. The number of aromatic nitrogens is 4. The summed E-state index contributed by atoms with van der Waals surface area (Å²) in [5.41, 5.74) is 6.68. The van der Waals surface area contributed by atoms with Crippen molar-refractivity contribution >= 4 is 23.2 Å². The number of amides is 1. The van der Waals surface area contributed by atoms with Gasteiger partial charge < -0.3 is 5.32 Å². The number of carbonyl (C=O) groups excluding carboxylic acids is 1. The van der Waals surface area contributed by atoms with Crippen molar-refractivity contribution in [2.45, 2.75) is 38.6 Å². The molecule has 8 nitrogen and oxygen atoms in total. The van der Waals surface area contributed by atoms with E-state index in [1.165, 1.54) is 30.3 Å². The number of hydrogen-bond acceptors (Lipinski definition) is 5. The molecule has 0 spiro atoms. The third-order valence-corrected chi connectivity index (χ3v) is 4.68. The fourth-order valence-corrected chi connectivity index (χ4v) is 3.17. The lowest BCUT2D eigenvalue weighted by Crippen LogP contribution is -2.51. The summed E-state index contributed by atoms with van der Waals surface area (Å²) in [6.45, 7) is 2.23. The highest BCUT2D eigenvalue weighted by molar-refractivity contribution is 7.80. The van der Waals surface area contributed by atoms with E-state index < -0.39 is 0 Å². The summed E-state index contributed by atoms with van der Waals surface area (Å²) in [7, 11) is 0. The molecule has 9 heteroatoms. The lowest BCUT2D eigenvalue weighted by atomic mass is 9.86. The van der Waals surface area contributed by atoms with Gasteiger partial charge >= 0.3 is 0 Å². The van der Waals surface area contributed by atoms with E-state index in [2.05, 4.69) is 38.6 Å². The molecule has 1 saturated carbocycles. The van der Waals surface area contributed by atoms with E-state index in [-0.39, 0.29) is 5.91 Å². The number of benzene rings is 1. The largest absolute Gasteiger partial charge is 0.358 e. The van der Waals surface area contributed by atoms with Crippen LogP contribution in [-0.2, 0) is 0 Å². The zero-order valence-corrected chi connectivity index (χ0v) is 14.8. The molecule has 1 aliphatic rings. The monoisotopic (exact) mass is 359 g/mol. The second-order valence-electron chi connectivity index (χ2n) is 6.22. The van der Waals surface area contributed by atoms with Gasteiger partial charge in [-0.15, -0.1) is 5.10 Å². The fraction of sp³-hybridized carbons (Fsp3) is 0.438. The van der Waals surface area contributed by atoms with E-state index in [1.807, 2.05) is 0 Å². The summed E-state index contributed by atoms with van der Waals surface area (Å²) in [5.74, 6) is 0.326. The Morgan fingerprint density at radius 2 is 1.96 bits per heavy atom. The van der Waals surface area contributed by atoms with Gasteiger partial charge in [0.15, 0.2) is 5.11 Å². The van der Waals surface area contributed by atoms with Gasteiger partial charge in [-0.2, -0.15) is 0 Å². The Labute approximate surface area is 151 Å². The SMILES string of the molecule is C[C@H]1CCCC[C@H]1NC(=S)NNC(=O)c1ccc(-n2cnnn2)cc1. The highest BCUT2D eigenvalue weighted by atomic mass is 32.1. The van der Waals surface area contributed by atoms with Crippen molar-refractivity contribution in [1.29, 1.82) is 0 Å². The normalized spacial score (nSPS) is 19.9. The lowest BCUT2D eigenvalue weighted by Gasteiger charge is -2.30. The van der Waals surface area contributed by atoms with Crippen LogP contribution in [0.15, 0.2) is 30.6 Å². The zero-order valence-electron chi connectivity index (χ0n) is 14.0. The van der Waals surface area contributed by atoms with E-state index in [9.17, 15) is 4.79 Å². The van der Waals surface area contributed by atoms with Crippen molar-refractivity contribution in [2.24, 2.45) is 5.92 Å². The van der Waals surface area contributed by atoms with Gasteiger partial charge in [0.05, 0.1) is 5.69 Å². The molecule has 2 aromatic rings. The summed E-state index contributed by atoms with van der Waals surface area (Å²) in [6, 6.07) is 7.31. The predicted molar refractivity (Wildman–Crippen MR) is 96.9 cm³/mol. The first-order valence-electron chi connectivity index (χ1n) is 8.34. The summed E-state index contributed by atoms with van der Waals surface area (Å²) in [6.07, 6.45) is 6.30. The quantitative estimate of drug-likeness (QED) is 0.562. The molecule has 0 radical (unpaired) electrons. The average molecular weight is 359 g/mol. The summed E-state index contributed by atoms with van der Waals surface area (Å²) < 4.78 is 1.52. The van der Waals surface area contributed by atoms with Crippen LogP contribution in [0.2, 0.25) is 0 Å². The smallest absolute Gasteiger partial charge is 0.269 e. The third-order valence-electron chi connectivity index (χ3n) is 4.46. The number of nitrogens with zero attached hydrogens (tertiary/aromatic N) is 4. The maximum Gasteiger partial charge on any atom is 0.269 e. The van der Waals surface area contributed by atoms with Crippen LogP contribution >= 0.6 is 12.2 Å². The van der Waals surface area contributed by atoms with Crippen LogP contribution < -0.4 is 16.2 Å². The zero-order chi connectivity index (χ0) is 17.6. The van der Waals surface area contributed by atoms with Crippen LogP contribution in [0.1, 0.15) is 43.0 Å². The highest BCUT2D eigenvalue weighted by Crippen LogP contribution is 2.23. The van der Waals surface area contributed by atoms with Gasteiger partial charge in [-0.25, -0.2) is 4.68 Å². The van der Waals surface area contributed by atoms with E-state index in [1.54, 1.807) is 24.3 Å². The van der Waals surface area contributed by atoms with E-state index in [4.69, 9.17) is 12.2 Å². The number of nitrogens with one attached hydrogen (secondary N) is 3. The molecular weight excluding hydrogens is 338 g/mol. The summed E-state index contributed by atoms with van der Waals surface area (Å²) in [4.78, 5) is 12.2. The Morgan fingerprint density at radius 1 is 1.20 bits per heavy atom.